The summed E-state index contributed by atoms with van der Waals surface area (Å²) in [6, 6.07) is 10.1. The van der Waals surface area contributed by atoms with Crippen LogP contribution in [-0.2, 0) is 6.54 Å². The van der Waals surface area contributed by atoms with E-state index in [0.29, 0.717) is 6.54 Å². The molecule has 1 atom stereocenters. The summed E-state index contributed by atoms with van der Waals surface area (Å²) in [7, 11) is 0. The third kappa shape index (κ3) is 2.85. The first-order chi connectivity index (χ1) is 8.31. The highest BCUT2D eigenvalue weighted by Crippen LogP contribution is 2.18. The Hall–Kier alpha value is -1.81. The zero-order valence-electron chi connectivity index (χ0n) is 9.87. The molecular formula is C13H17N3O. The molecule has 4 nitrogen and oxygen atoms in total. The maximum atomic E-state index is 9.33. The highest BCUT2D eigenvalue weighted by molar-refractivity contribution is 5.47. The lowest BCUT2D eigenvalue weighted by Gasteiger charge is -2.29. The van der Waals surface area contributed by atoms with E-state index in [4.69, 9.17) is 0 Å². The Morgan fingerprint density at radius 3 is 2.71 bits per heavy atom. The van der Waals surface area contributed by atoms with Crippen LogP contribution in [0.25, 0.3) is 0 Å². The largest absolute Gasteiger partial charge is 0.394 e. The first-order valence-electron chi connectivity index (χ1n) is 5.71. The van der Waals surface area contributed by atoms with Crippen LogP contribution in [0.5, 0.6) is 0 Å². The molecule has 0 aliphatic heterocycles. The van der Waals surface area contributed by atoms with Gasteiger partial charge in [0.15, 0.2) is 0 Å². The van der Waals surface area contributed by atoms with Crippen LogP contribution in [0.4, 0.5) is 5.69 Å². The fraction of sp³-hybridized carbons (Fsp3) is 0.308. The van der Waals surface area contributed by atoms with Gasteiger partial charge in [0.2, 0.25) is 0 Å². The summed E-state index contributed by atoms with van der Waals surface area (Å²) >= 11 is 0. The molecule has 1 aromatic heterocycles. The lowest BCUT2D eigenvalue weighted by Crippen LogP contribution is -2.35. The summed E-state index contributed by atoms with van der Waals surface area (Å²) in [5.74, 6) is 0. The molecule has 4 heteroatoms. The summed E-state index contributed by atoms with van der Waals surface area (Å²) < 4.78 is 0. The Labute approximate surface area is 101 Å². The lowest BCUT2D eigenvalue weighted by molar-refractivity contribution is 0.266. The summed E-state index contributed by atoms with van der Waals surface area (Å²) in [6.07, 6.45) is 3.47. The Bertz CT molecular complexity index is 427. The average Bonchev–Trinajstić information content (AvgIpc) is 2.89. The molecule has 0 radical (unpaired) electrons. The summed E-state index contributed by atoms with van der Waals surface area (Å²) in [6.45, 7) is 2.85. The molecule has 1 aromatic carbocycles. The van der Waals surface area contributed by atoms with Gasteiger partial charge in [0.25, 0.3) is 0 Å². The SMILES string of the molecule is C[C@@H](CO)N(Cc1cnc[nH]1)c1ccccc1. The van der Waals surface area contributed by atoms with Crippen molar-refractivity contribution < 1.29 is 5.11 Å². The van der Waals surface area contributed by atoms with Gasteiger partial charge in [-0.25, -0.2) is 4.98 Å². The second-order valence-electron chi connectivity index (χ2n) is 4.07. The zero-order chi connectivity index (χ0) is 12.1. The Kier molecular flexibility index (Phi) is 3.77. The number of aliphatic hydroxyl groups is 1. The van der Waals surface area contributed by atoms with Crippen LogP contribution in [0.3, 0.4) is 0 Å². The maximum absolute atomic E-state index is 9.33. The zero-order valence-corrected chi connectivity index (χ0v) is 9.87. The van der Waals surface area contributed by atoms with Crippen molar-refractivity contribution in [3.8, 4) is 0 Å². The number of aromatic amines is 1. The predicted octanol–water partition coefficient (Wildman–Crippen LogP) is 1.80. The maximum Gasteiger partial charge on any atom is 0.0922 e. The topological polar surface area (TPSA) is 52.1 Å². The molecule has 0 amide bonds. The van der Waals surface area contributed by atoms with Gasteiger partial charge in [0, 0.05) is 17.9 Å². The van der Waals surface area contributed by atoms with E-state index in [2.05, 4.69) is 14.9 Å². The normalized spacial score (nSPS) is 12.4. The average molecular weight is 231 g/mol. The summed E-state index contributed by atoms with van der Waals surface area (Å²) in [5.41, 5.74) is 2.14. The standard InChI is InChI=1S/C13H17N3O/c1-11(9-17)16(8-12-7-14-10-15-12)13-5-3-2-4-6-13/h2-7,10-11,17H,8-9H2,1H3,(H,14,15)/t11-/m0/s1. The van der Waals surface area contributed by atoms with E-state index in [0.717, 1.165) is 11.4 Å². The van der Waals surface area contributed by atoms with E-state index in [-0.39, 0.29) is 12.6 Å². The second kappa shape index (κ2) is 5.50. The number of anilines is 1. The molecule has 90 valence electrons. The van der Waals surface area contributed by atoms with E-state index in [1.165, 1.54) is 0 Å². The van der Waals surface area contributed by atoms with Gasteiger partial charge in [-0.2, -0.15) is 0 Å². The smallest absolute Gasteiger partial charge is 0.0922 e. The number of nitrogens with one attached hydrogen (secondary N) is 1. The Morgan fingerprint density at radius 2 is 2.12 bits per heavy atom. The molecular weight excluding hydrogens is 214 g/mol. The highest BCUT2D eigenvalue weighted by Gasteiger charge is 2.14. The number of benzene rings is 1. The number of imidazole rings is 1. The fourth-order valence-corrected chi connectivity index (χ4v) is 1.77. The number of nitrogens with zero attached hydrogens (tertiary/aromatic N) is 2. The number of para-hydroxylation sites is 1. The van der Waals surface area contributed by atoms with Gasteiger partial charge in [-0.3, -0.25) is 0 Å². The molecule has 0 aliphatic carbocycles. The third-order valence-corrected chi connectivity index (χ3v) is 2.78. The van der Waals surface area contributed by atoms with Crippen molar-refractivity contribution in [3.63, 3.8) is 0 Å². The molecule has 0 aliphatic rings. The number of aliphatic hydroxyl groups excluding tert-OH is 1. The molecule has 0 bridgehead atoms. The van der Waals surface area contributed by atoms with Crippen molar-refractivity contribution in [2.24, 2.45) is 0 Å². The van der Waals surface area contributed by atoms with E-state index < -0.39 is 0 Å². The number of hydrogen-bond acceptors (Lipinski definition) is 3. The van der Waals surface area contributed by atoms with Crippen molar-refractivity contribution in [1.29, 1.82) is 0 Å². The molecule has 0 fully saturated rings. The van der Waals surface area contributed by atoms with Crippen LogP contribution in [-0.4, -0.2) is 27.7 Å². The Morgan fingerprint density at radius 1 is 1.35 bits per heavy atom. The van der Waals surface area contributed by atoms with Crippen LogP contribution >= 0.6 is 0 Å². The van der Waals surface area contributed by atoms with Crippen LogP contribution in [0.15, 0.2) is 42.9 Å². The van der Waals surface area contributed by atoms with Crippen molar-refractivity contribution in [2.45, 2.75) is 19.5 Å². The van der Waals surface area contributed by atoms with Crippen molar-refractivity contribution in [1.82, 2.24) is 9.97 Å². The predicted molar refractivity (Wildman–Crippen MR) is 67.8 cm³/mol. The minimum absolute atomic E-state index is 0.0701. The second-order valence-corrected chi connectivity index (χ2v) is 4.07. The number of rotatable bonds is 5. The number of H-pyrrole nitrogens is 1. The van der Waals surface area contributed by atoms with Crippen LogP contribution in [0.1, 0.15) is 12.6 Å². The molecule has 0 unspecified atom stereocenters. The van der Waals surface area contributed by atoms with E-state index in [9.17, 15) is 5.11 Å². The first kappa shape index (κ1) is 11.7. The van der Waals surface area contributed by atoms with Gasteiger partial charge in [0.1, 0.15) is 0 Å². The third-order valence-electron chi connectivity index (χ3n) is 2.78. The molecule has 2 rings (SSSR count). The molecule has 0 saturated heterocycles. The molecule has 0 saturated carbocycles. The number of aromatic nitrogens is 2. The quantitative estimate of drug-likeness (QED) is 0.825. The number of hydrogen-bond donors (Lipinski definition) is 2. The van der Waals surface area contributed by atoms with Gasteiger partial charge in [-0.1, -0.05) is 18.2 Å². The van der Waals surface area contributed by atoms with Gasteiger partial charge in [0.05, 0.1) is 25.2 Å². The van der Waals surface area contributed by atoms with Crippen LogP contribution in [0.2, 0.25) is 0 Å². The minimum Gasteiger partial charge on any atom is -0.394 e. The van der Waals surface area contributed by atoms with Crippen LogP contribution in [0, 0.1) is 0 Å². The van der Waals surface area contributed by atoms with Crippen LogP contribution < -0.4 is 4.90 Å². The van der Waals surface area contributed by atoms with E-state index in [1.807, 2.05) is 37.3 Å². The van der Waals surface area contributed by atoms with Gasteiger partial charge < -0.3 is 15.0 Å². The minimum atomic E-state index is 0.0701. The fourth-order valence-electron chi connectivity index (χ4n) is 1.77. The van der Waals surface area contributed by atoms with Crippen molar-refractivity contribution in [2.75, 3.05) is 11.5 Å². The molecule has 2 N–H and O–H groups in total. The van der Waals surface area contributed by atoms with E-state index >= 15 is 0 Å². The monoisotopic (exact) mass is 231 g/mol. The molecule has 17 heavy (non-hydrogen) atoms. The highest BCUT2D eigenvalue weighted by atomic mass is 16.3. The van der Waals surface area contributed by atoms with Crippen molar-refractivity contribution in [3.05, 3.63) is 48.5 Å². The van der Waals surface area contributed by atoms with Gasteiger partial charge in [-0.15, -0.1) is 0 Å². The summed E-state index contributed by atoms with van der Waals surface area (Å²) in [5, 5.41) is 9.33. The molecule has 1 heterocycles. The van der Waals surface area contributed by atoms with E-state index in [1.54, 1.807) is 12.5 Å². The Balaban J connectivity index is 2.20. The molecule has 2 aromatic rings. The van der Waals surface area contributed by atoms with Gasteiger partial charge in [-0.05, 0) is 19.1 Å². The summed E-state index contributed by atoms with van der Waals surface area (Å²) in [4.78, 5) is 9.24. The van der Waals surface area contributed by atoms with Gasteiger partial charge >= 0.3 is 0 Å². The molecule has 0 spiro atoms. The lowest BCUT2D eigenvalue weighted by atomic mass is 10.2. The van der Waals surface area contributed by atoms with Crippen molar-refractivity contribution >= 4 is 5.69 Å². The first-order valence-corrected chi connectivity index (χ1v) is 5.71.